The first-order valence-corrected chi connectivity index (χ1v) is 7.28. The van der Waals surface area contributed by atoms with E-state index in [0.29, 0.717) is 24.1 Å². The maximum absolute atomic E-state index is 13.1. The van der Waals surface area contributed by atoms with Gasteiger partial charge in [-0.15, -0.1) is 12.4 Å². The molecule has 0 aliphatic heterocycles. The maximum atomic E-state index is 13.1. The summed E-state index contributed by atoms with van der Waals surface area (Å²) in [5.41, 5.74) is 0.849. The van der Waals surface area contributed by atoms with Gasteiger partial charge < -0.3 is 5.32 Å². The lowest BCUT2D eigenvalue weighted by atomic mass is 10.1. The van der Waals surface area contributed by atoms with Gasteiger partial charge in [0.25, 0.3) is 0 Å². The number of benzene rings is 1. The normalized spacial score (nSPS) is 11.2. The van der Waals surface area contributed by atoms with E-state index in [0.717, 1.165) is 6.54 Å². The van der Waals surface area contributed by atoms with Crippen LogP contribution in [0, 0.1) is 19.7 Å². The molecule has 0 atom stereocenters. The van der Waals surface area contributed by atoms with Crippen LogP contribution in [0.15, 0.2) is 17.0 Å². The Hall–Kier alpha value is -0.690. The Morgan fingerprint density at radius 1 is 1.16 bits per heavy atom. The zero-order valence-corrected chi connectivity index (χ0v) is 12.9. The van der Waals surface area contributed by atoms with Crippen molar-refractivity contribution in [3.8, 4) is 0 Å². The Labute approximate surface area is 120 Å². The topological polar surface area (TPSA) is 58.2 Å². The minimum Gasteiger partial charge on any atom is -0.320 e. The summed E-state index contributed by atoms with van der Waals surface area (Å²) in [6.45, 7) is 4.29. The molecule has 0 saturated carbocycles. The number of nitrogens with one attached hydrogen (secondary N) is 2. The van der Waals surface area contributed by atoms with Crippen molar-refractivity contribution in [3.63, 3.8) is 0 Å². The zero-order chi connectivity index (χ0) is 13.8. The van der Waals surface area contributed by atoms with Crippen LogP contribution < -0.4 is 10.0 Å². The Bertz CT molecular complexity index is 497. The molecule has 19 heavy (non-hydrogen) atoms. The highest BCUT2D eigenvalue weighted by atomic mass is 35.5. The summed E-state index contributed by atoms with van der Waals surface area (Å²) >= 11 is 0. The van der Waals surface area contributed by atoms with Crippen LogP contribution in [0.25, 0.3) is 0 Å². The molecule has 7 heteroatoms. The largest absolute Gasteiger partial charge is 0.320 e. The van der Waals surface area contributed by atoms with E-state index in [1.165, 1.54) is 12.1 Å². The van der Waals surface area contributed by atoms with E-state index in [1.54, 1.807) is 13.8 Å². The lowest BCUT2D eigenvalue weighted by Crippen LogP contribution is -2.28. The molecule has 0 aliphatic rings. The van der Waals surface area contributed by atoms with E-state index in [4.69, 9.17) is 0 Å². The molecule has 1 rings (SSSR count). The molecule has 1 aromatic carbocycles. The van der Waals surface area contributed by atoms with E-state index in [2.05, 4.69) is 10.0 Å². The van der Waals surface area contributed by atoms with Crippen molar-refractivity contribution in [2.75, 3.05) is 20.1 Å². The number of halogens is 2. The van der Waals surface area contributed by atoms with Crippen LogP contribution in [0.2, 0.25) is 0 Å². The highest BCUT2D eigenvalue weighted by Crippen LogP contribution is 2.20. The van der Waals surface area contributed by atoms with E-state index in [1.807, 2.05) is 7.05 Å². The second kappa shape index (κ2) is 7.79. The molecule has 2 N–H and O–H groups in total. The molecule has 0 radical (unpaired) electrons. The molecular weight excluding hydrogens is 291 g/mol. The van der Waals surface area contributed by atoms with Gasteiger partial charge in [0, 0.05) is 6.54 Å². The van der Waals surface area contributed by atoms with Gasteiger partial charge in [-0.3, -0.25) is 0 Å². The average molecular weight is 311 g/mol. The third-order valence-corrected chi connectivity index (χ3v) is 4.36. The van der Waals surface area contributed by atoms with Gasteiger partial charge in [-0.2, -0.15) is 0 Å². The summed E-state index contributed by atoms with van der Waals surface area (Å²) in [6.07, 6.45) is 0.703. The van der Waals surface area contributed by atoms with Crippen LogP contribution in [-0.4, -0.2) is 28.6 Å². The molecule has 1 aromatic rings. The summed E-state index contributed by atoms with van der Waals surface area (Å²) in [5.74, 6) is -0.417. The van der Waals surface area contributed by atoms with Gasteiger partial charge in [-0.25, -0.2) is 17.5 Å². The summed E-state index contributed by atoms with van der Waals surface area (Å²) in [4.78, 5) is 0.174. The van der Waals surface area contributed by atoms with Gasteiger partial charge in [0.15, 0.2) is 0 Å². The van der Waals surface area contributed by atoms with Gasteiger partial charge in [0.1, 0.15) is 5.82 Å². The first-order chi connectivity index (χ1) is 8.38. The Morgan fingerprint density at radius 2 is 1.68 bits per heavy atom. The smallest absolute Gasteiger partial charge is 0.241 e. The molecule has 0 unspecified atom stereocenters. The van der Waals surface area contributed by atoms with Gasteiger partial charge >= 0.3 is 0 Å². The Morgan fingerprint density at radius 3 is 2.16 bits per heavy atom. The average Bonchev–Trinajstić information content (AvgIpc) is 2.22. The van der Waals surface area contributed by atoms with Crippen LogP contribution in [-0.2, 0) is 10.0 Å². The lowest BCUT2D eigenvalue weighted by molar-refractivity contribution is 0.574. The van der Waals surface area contributed by atoms with Crippen LogP contribution in [0.5, 0.6) is 0 Å². The van der Waals surface area contributed by atoms with Gasteiger partial charge in [0.05, 0.1) is 4.90 Å². The summed E-state index contributed by atoms with van der Waals surface area (Å²) in [6, 6.07) is 2.46. The van der Waals surface area contributed by atoms with E-state index >= 15 is 0 Å². The fraction of sp³-hybridized carbons (Fsp3) is 0.500. The molecule has 0 spiro atoms. The molecule has 0 aromatic heterocycles. The van der Waals surface area contributed by atoms with Crippen LogP contribution in [0.3, 0.4) is 0 Å². The molecule has 0 bridgehead atoms. The standard InChI is InChI=1S/C12H19FN2O2S.ClH/c1-9-7-11(13)8-10(2)12(9)18(16,17)15-6-4-5-14-3;/h7-8,14-15H,4-6H2,1-3H3;1H. The number of hydrogen-bond donors (Lipinski definition) is 2. The first kappa shape index (κ1) is 18.3. The molecule has 4 nitrogen and oxygen atoms in total. The van der Waals surface area contributed by atoms with Crippen molar-refractivity contribution in [2.24, 2.45) is 0 Å². The molecule has 0 heterocycles. The van der Waals surface area contributed by atoms with Crippen molar-refractivity contribution >= 4 is 22.4 Å². The number of hydrogen-bond acceptors (Lipinski definition) is 3. The van der Waals surface area contributed by atoms with Crippen LogP contribution >= 0.6 is 12.4 Å². The fourth-order valence-corrected chi connectivity index (χ4v) is 3.39. The van der Waals surface area contributed by atoms with Crippen molar-refractivity contribution in [2.45, 2.75) is 25.2 Å². The molecular formula is C12H20ClFN2O2S. The first-order valence-electron chi connectivity index (χ1n) is 5.79. The van der Waals surface area contributed by atoms with Crippen LogP contribution in [0.4, 0.5) is 4.39 Å². The Kier molecular flexibility index (Phi) is 7.51. The SMILES string of the molecule is CNCCCNS(=O)(=O)c1c(C)cc(F)cc1C.Cl. The zero-order valence-electron chi connectivity index (χ0n) is 11.3. The molecule has 110 valence electrons. The Balaban J connectivity index is 0.00000324. The number of rotatable bonds is 6. The highest BCUT2D eigenvalue weighted by molar-refractivity contribution is 7.89. The van der Waals surface area contributed by atoms with Crippen molar-refractivity contribution < 1.29 is 12.8 Å². The predicted octanol–water partition coefficient (Wildman–Crippen LogP) is 1.75. The number of aryl methyl sites for hydroxylation is 2. The molecule has 0 saturated heterocycles. The predicted molar refractivity (Wildman–Crippen MR) is 76.9 cm³/mol. The third-order valence-electron chi connectivity index (χ3n) is 2.59. The van der Waals surface area contributed by atoms with Gasteiger partial charge in [0.2, 0.25) is 10.0 Å². The lowest BCUT2D eigenvalue weighted by Gasteiger charge is -2.12. The fourth-order valence-electron chi connectivity index (χ4n) is 1.87. The van der Waals surface area contributed by atoms with Crippen LogP contribution in [0.1, 0.15) is 17.5 Å². The third kappa shape index (κ3) is 5.06. The maximum Gasteiger partial charge on any atom is 0.241 e. The second-order valence-corrected chi connectivity index (χ2v) is 5.93. The summed E-state index contributed by atoms with van der Waals surface area (Å²) in [5, 5.41) is 2.94. The molecule has 0 fully saturated rings. The van der Waals surface area contributed by atoms with Gasteiger partial charge in [-0.1, -0.05) is 0 Å². The van der Waals surface area contributed by atoms with Crippen molar-refractivity contribution in [1.29, 1.82) is 0 Å². The number of sulfonamides is 1. The second-order valence-electron chi connectivity index (χ2n) is 4.22. The van der Waals surface area contributed by atoms with E-state index < -0.39 is 15.8 Å². The van der Waals surface area contributed by atoms with E-state index in [-0.39, 0.29) is 17.3 Å². The minimum atomic E-state index is -3.56. The monoisotopic (exact) mass is 310 g/mol. The van der Waals surface area contributed by atoms with Gasteiger partial charge in [-0.05, 0) is 57.1 Å². The minimum absolute atomic E-state index is 0. The van der Waals surface area contributed by atoms with Crippen molar-refractivity contribution in [1.82, 2.24) is 10.0 Å². The molecule has 0 amide bonds. The highest BCUT2D eigenvalue weighted by Gasteiger charge is 2.19. The molecule has 0 aliphatic carbocycles. The van der Waals surface area contributed by atoms with Crippen molar-refractivity contribution in [3.05, 3.63) is 29.1 Å². The summed E-state index contributed by atoms with van der Waals surface area (Å²) < 4.78 is 39.8. The summed E-state index contributed by atoms with van der Waals surface area (Å²) in [7, 11) is -1.75. The van der Waals surface area contributed by atoms with E-state index in [9.17, 15) is 12.8 Å². The quantitative estimate of drug-likeness (QED) is 0.787.